The van der Waals surface area contributed by atoms with Crippen molar-refractivity contribution in [3.63, 3.8) is 0 Å². The van der Waals surface area contributed by atoms with E-state index in [1.807, 2.05) is 0 Å². The van der Waals surface area contributed by atoms with E-state index in [0.717, 1.165) is 6.26 Å². The Morgan fingerprint density at radius 2 is 1.72 bits per heavy atom. The van der Waals surface area contributed by atoms with Gasteiger partial charge in [-0.2, -0.15) is 0 Å². The fourth-order valence-corrected chi connectivity index (χ4v) is 2.81. The molecule has 0 atom stereocenters. The van der Waals surface area contributed by atoms with E-state index in [4.69, 9.17) is 16.3 Å². The molecule has 0 radical (unpaired) electrons. The van der Waals surface area contributed by atoms with E-state index in [2.05, 4.69) is 5.32 Å². The molecule has 0 unspecified atom stereocenters. The van der Waals surface area contributed by atoms with Gasteiger partial charge in [-0.15, -0.1) is 0 Å². The quantitative estimate of drug-likeness (QED) is 0.776. The first kappa shape index (κ1) is 19.0. The van der Waals surface area contributed by atoms with E-state index >= 15 is 0 Å². The maximum Gasteiger partial charge on any atom is 0.310 e. The third-order valence-corrected chi connectivity index (χ3v) is 4.72. The molecule has 1 amide bonds. The van der Waals surface area contributed by atoms with Crippen LogP contribution in [-0.4, -0.2) is 33.2 Å². The van der Waals surface area contributed by atoms with Gasteiger partial charge in [0.25, 0.3) is 5.91 Å². The summed E-state index contributed by atoms with van der Waals surface area (Å²) in [6, 6.07) is 12.5. The van der Waals surface area contributed by atoms with Gasteiger partial charge in [0.15, 0.2) is 16.4 Å². The number of benzene rings is 2. The highest BCUT2D eigenvalue weighted by atomic mass is 35.5. The number of ether oxygens (including phenoxy) is 1. The summed E-state index contributed by atoms with van der Waals surface area (Å²) in [6.07, 6.45) is 1.06. The first-order chi connectivity index (χ1) is 11.8. The number of hydrogen-bond acceptors (Lipinski definition) is 5. The molecule has 0 bridgehead atoms. The van der Waals surface area contributed by atoms with Gasteiger partial charge in [-0.05, 0) is 35.9 Å². The normalized spacial score (nSPS) is 11.0. The van der Waals surface area contributed by atoms with Crippen molar-refractivity contribution < 1.29 is 22.7 Å². The number of hydrogen-bond donors (Lipinski definition) is 1. The molecule has 0 saturated heterocycles. The molecular formula is C17H16ClNO5S. The molecule has 0 aliphatic heterocycles. The van der Waals surface area contributed by atoms with E-state index in [1.165, 1.54) is 24.3 Å². The molecule has 6 nitrogen and oxygen atoms in total. The molecule has 2 aromatic carbocycles. The minimum absolute atomic E-state index is 0.0317. The van der Waals surface area contributed by atoms with Crippen LogP contribution in [0.4, 0.5) is 5.69 Å². The average molecular weight is 382 g/mol. The maximum absolute atomic E-state index is 11.8. The zero-order valence-corrected chi connectivity index (χ0v) is 14.9. The Kier molecular flexibility index (Phi) is 6.17. The van der Waals surface area contributed by atoms with Crippen molar-refractivity contribution in [2.24, 2.45) is 0 Å². The van der Waals surface area contributed by atoms with Crippen LogP contribution in [0.2, 0.25) is 5.02 Å². The van der Waals surface area contributed by atoms with Gasteiger partial charge in [0, 0.05) is 17.0 Å². The number of carbonyl (C=O) groups excluding carboxylic acids is 2. The van der Waals surface area contributed by atoms with Crippen molar-refractivity contribution in [3.05, 3.63) is 59.1 Å². The lowest BCUT2D eigenvalue weighted by atomic mass is 10.1. The van der Waals surface area contributed by atoms with Crippen molar-refractivity contribution in [1.29, 1.82) is 0 Å². The van der Waals surface area contributed by atoms with Crippen LogP contribution in [0, 0.1) is 0 Å². The van der Waals surface area contributed by atoms with Crippen LogP contribution in [-0.2, 0) is 30.6 Å². The number of sulfone groups is 1. The number of anilines is 1. The zero-order chi connectivity index (χ0) is 18.4. The summed E-state index contributed by atoms with van der Waals surface area (Å²) in [5.41, 5.74) is 1.02. The van der Waals surface area contributed by atoms with Crippen LogP contribution in [0.1, 0.15) is 5.56 Å². The van der Waals surface area contributed by atoms with Crippen molar-refractivity contribution in [2.75, 3.05) is 18.2 Å². The molecule has 0 aliphatic carbocycles. The average Bonchev–Trinajstić information content (AvgIpc) is 2.55. The summed E-state index contributed by atoms with van der Waals surface area (Å²) in [4.78, 5) is 23.7. The van der Waals surface area contributed by atoms with Crippen molar-refractivity contribution >= 4 is 39.0 Å². The van der Waals surface area contributed by atoms with E-state index in [-0.39, 0.29) is 11.3 Å². The van der Waals surface area contributed by atoms with Crippen molar-refractivity contribution in [1.82, 2.24) is 0 Å². The van der Waals surface area contributed by atoms with Gasteiger partial charge in [-0.1, -0.05) is 29.8 Å². The summed E-state index contributed by atoms with van der Waals surface area (Å²) < 4.78 is 27.6. The molecule has 25 heavy (non-hydrogen) atoms. The third kappa shape index (κ3) is 5.88. The molecule has 0 saturated carbocycles. The lowest BCUT2D eigenvalue weighted by molar-refractivity contribution is -0.146. The Balaban J connectivity index is 1.84. The second kappa shape index (κ2) is 8.13. The predicted octanol–water partition coefficient (Wildman–Crippen LogP) is 2.47. The molecular weight excluding hydrogens is 366 g/mol. The van der Waals surface area contributed by atoms with Crippen LogP contribution in [0.5, 0.6) is 0 Å². The number of esters is 1. The van der Waals surface area contributed by atoms with E-state index in [0.29, 0.717) is 16.3 Å². The number of rotatable bonds is 6. The van der Waals surface area contributed by atoms with Crippen LogP contribution >= 0.6 is 11.6 Å². The monoisotopic (exact) mass is 381 g/mol. The summed E-state index contributed by atoms with van der Waals surface area (Å²) in [6.45, 7) is -0.447. The van der Waals surface area contributed by atoms with Crippen LogP contribution in [0.15, 0.2) is 53.4 Å². The maximum atomic E-state index is 11.8. The highest BCUT2D eigenvalue weighted by molar-refractivity contribution is 7.90. The van der Waals surface area contributed by atoms with E-state index in [1.54, 1.807) is 24.3 Å². The summed E-state index contributed by atoms with van der Waals surface area (Å²) in [5.74, 6) is -1.10. The number of amides is 1. The van der Waals surface area contributed by atoms with Crippen LogP contribution in [0.25, 0.3) is 0 Å². The number of nitrogens with one attached hydrogen (secondary N) is 1. The molecule has 0 aliphatic rings. The summed E-state index contributed by atoms with van der Waals surface area (Å²) >= 11 is 5.95. The van der Waals surface area contributed by atoms with Crippen LogP contribution in [0.3, 0.4) is 0 Å². The molecule has 0 heterocycles. The van der Waals surface area contributed by atoms with Crippen LogP contribution < -0.4 is 5.32 Å². The lowest BCUT2D eigenvalue weighted by Gasteiger charge is -2.08. The number of halogens is 1. The fraction of sp³-hybridized carbons (Fsp3) is 0.176. The Hall–Kier alpha value is -2.38. The molecule has 2 rings (SSSR count). The minimum atomic E-state index is -3.30. The molecule has 132 valence electrons. The van der Waals surface area contributed by atoms with Crippen molar-refractivity contribution in [2.45, 2.75) is 11.3 Å². The first-order valence-electron chi connectivity index (χ1n) is 7.25. The molecule has 0 fully saturated rings. The molecule has 0 spiro atoms. The minimum Gasteiger partial charge on any atom is -0.455 e. The van der Waals surface area contributed by atoms with Gasteiger partial charge in [-0.3, -0.25) is 9.59 Å². The highest BCUT2D eigenvalue weighted by Gasteiger charge is 2.11. The molecule has 2 aromatic rings. The topological polar surface area (TPSA) is 89.5 Å². The highest BCUT2D eigenvalue weighted by Crippen LogP contribution is 2.16. The Labute approximate surface area is 150 Å². The Bertz CT molecular complexity index is 878. The van der Waals surface area contributed by atoms with Gasteiger partial charge >= 0.3 is 5.97 Å². The second-order valence-corrected chi connectivity index (χ2v) is 7.70. The predicted molar refractivity (Wildman–Crippen MR) is 94.3 cm³/mol. The largest absolute Gasteiger partial charge is 0.455 e. The van der Waals surface area contributed by atoms with E-state index in [9.17, 15) is 18.0 Å². The SMILES string of the molecule is CS(=O)(=O)c1ccc(NC(=O)COC(=O)Cc2ccccc2Cl)cc1. The van der Waals surface area contributed by atoms with Gasteiger partial charge < -0.3 is 10.1 Å². The molecule has 0 aromatic heterocycles. The smallest absolute Gasteiger partial charge is 0.310 e. The Morgan fingerprint density at radius 1 is 1.08 bits per heavy atom. The zero-order valence-electron chi connectivity index (χ0n) is 13.4. The van der Waals surface area contributed by atoms with Gasteiger partial charge in [0.05, 0.1) is 11.3 Å². The lowest BCUT2D eigenvalue weighted by Crippen LogP contribution is -2.21. The Morgan fingerprint density at radius 3 is 2.32 bits per heavy atom. The summed E-state index contributed by atoms with van der Waals surface area (Å²) in [7, 11) is -3.30. The third-order valence-electron chi connectivity index (χ3n) is 3.22. The molecule has 8 heteroatoms. The number of carbonyl (C=O) groups is 2. The molecule has 1 N–H and O–H groups in total. The standard InChI is InChI=1S/C17H16ClNO5S/c1-25(22,23)14-8-6-13(7-9-14)19-16(20)11-24-17(21)10-12-4-2-3-5-15(12)18/h2-9H,10-11H2,1H3,(H,19,20). The second-order valence-electron chi connectivity index (χ2n) is 5.27. The summed E-state index contributed by atoms with van der Waals surface area (Å²) in [5, 5.41) is 2.97. The van der Waals surface area contributed by atoms with E-state index < -0.39 is 28.3 Å². The van der Waals surface area contributed by atoms with Gasteiger partial charge in [0.2, 0.25) is 0 Å². The fourth-order valence-electron chi connectivity index (χ4n) is 1.98. The van der Waals surface area contributed by atoms with Gasteiger partial charge in [0.1, 0.15) is 0 Å². The first-order valence-corrected chi connectivity index (χ1v) is 9.51. The van der Waals surface area contributed by atoms with Gasteiger partial charge in [-0.25, -0.2) is 8.42 Å². The van der Waals surface area contributed by atoms with Crippen molar-refractivity contribution in [3.8, 4) is 0 Å².